The van der Waals surface area contributed by atoms with Crippen LogP contribution >= 0.6 is 0 Å². The summed E-state index contributed by atoms with van der Waals surface area (Å²) in [4.78, 5) is 33.3. The summed E-state index contributed by atoms with van der Waals surface area (Å²) >= 11 is 0. The van der Waals surface area contributed by atoms with E-state index in [0.29, 0.717) is 0 Å². The zero-order valence-corrected chi connectivity index (χ0v) is 11.9. The highest BCUT2D eigenvalue weighted by molar-refractivity contribution is 5.96. The molecule has 0 radical (unpaired) electrons. The average molecular weight is 332 g/mol. The van der Waals surface area contributed by atoms with Crippen LogP contribution in [-0.2, 0) is 15.8 Å². The van der Waals surface area contributed by atoms with Crippen molar-refractivity contribution >= 4 is 17.8 Å². The standard InChI is InChI=1S/C14H15F3N2O4/c15-14(16,17)10-5-3-9(4-6-10)13(23)19-8-11(20)18-7-1-2-12(21)22/h3-6H,1-2,7-8H2,(H,18,20)(H,19,23)(H,21,22). The number of alkyl halides is 3. The number of carboxylic acid groups (broad SMARTS) is 1. The van der Waals surface area contributed by atoms with Gasteiger partial charge in [-0.25, -0.2) is 0 Å². The lowest BCUT2D eigenvalue weighted by Crippen LogP contribution is -2.37. The van der Waals surface area contributed by atoms with Crippen molar-refractivity contribution in [2.45, 2.75) is 19.0 Å². The molecule has 9 heteroatoms. The predicted octanol–water partition coefficient (Wildman–Crippen LogP) is 1.42. The van der Waals surface area contributed by atoms with Gasteiger partial charge >= 0.3 is 12.1 Å². The number of amides is 2. The van der Waals surface area contributed by atoms with Crippen molar-refractivity contribution in [2.24, 2.45) is 0 Å². The summed E-state index contributed by atoms with van der Waals surface area (Å²) in [6, 6.07) is 3.59. The van der Waals surface area contributed by atoms with Crippen LogP contribution in [-0.4, -0.2) is 36.0 Å². The first-order valence-electron chi connectivity index (χ1n) is 6.64. The number of hydrogen-bond donors (Lipinski definition) is 3. The molecule has 1 rings (SSSR count). The molecular weight excluding hydrogens is 317 g/mol. The van der Waals surface area contributed by atoms with E-state index in [0.717, 1.165) is 24.3 Å². The first-order chi connectivity index (χ1) is 10.7. The first kappa shape index (κ1) is 18.5. The van der Waals surface area contributed by atoms with Gasteiger partial charge in [0.1, 0.15) is 0 Å². The fourth-order valence-electron chi connectivity index (χ4n) is 1.60. The molecule has 0 unspecified atom stereocenters. The molecule has 1 aromatic rings. The molecule has 0 saturated carbocycles. The highest BCUT2D eigenvalue weighted by Gasteiger charge is 2.30. The third kappa shape index (κ3) is 6.81. The molecule has 126 valence electrons. The molecule has 23 heavy (non-hydrogen) atoms. The molecular formula is C14H15F3N2O4. The number of benzene rings is 1. The normalized spacial score (nSPS) is 10.9. The summed E-state index contributed by atoms with van der Waals surface area (Å²) in [5, 5.41) is 13.1. The molecule has 0 spiro atoms. The zero-order valence-electron chi connectivity index (χ0n) is 11.9. The number of aliphatic carboxylic acids is 1. The highest BCUT2D eigenvalue weighted by atomic mass is 19.4. The summed E-state index contributed by atoms with van der Waals surface area (Å²) in [5.41, 5.74) is -0.873. The Balaban J connectivity index is 2.38. The second kappa shape index (κ2) is 8.16. The number of hydrogen-bond acceptors (Lipinski definition) is 3. The molecule has 2 amide bonds. The fourth-order valence-corrected chi connectivity index (χ4v) is 1.60. The topological polar surface area (TPSA) is 95.5 Å². The predicted molar refractivity (Wildman–Crippen MR) is 73.7 cm³/mol. The number of nitrogens with one attached hydrogen (secondary N) is 2. The molecule has 0 aliphatic heterocycles. The van der Waals surface area contributed by atoms with Crippen LogP contribution in [0.15, 0.2) is 24.3 Å². The van der Waals surface area contributed by atoms with Crippen molar-refractivity contribution in [3.63, 3.8) is 0 Å². The molecule has 0 aliphatic rings. The molecule has 0 heterocycles. The van der Waals surface area contributed by atoms with Gasteiger partial charge < -0.3 is 15.7 Å². The van der Waals surface area contributed by atoms with E-state index in [1.54, 1.807) is 0 Å². The van der Waals surface area contributed by atoms with E-state index in [1.807, 2.05) is 0 Å². The van der Waals surface area contributed by atoms with Gasteiger partial charge in [-0.3, -0.25) is 14.4 Å². The van der Waals surface area contributed by atoms with E-state index >= 15 is 0 Å². The van der Waals surface area contributed by atoms with Crippen LogP contribution in [0.5, 0.6) is 0 Å². The van der Waals surface area contributed by atoms with E-state index in [4.69, 9.17) is 5.11 Å². The molecule has 1 aromatic carbocycles. The summed E-state index contributed by atoms with van der Waals surface area (Å²) in [6.07, 6.45) is -4.31. The Morgan fingerprint density at radius 1 is 1.04 bits per heavy atom. The lowest BCUT2D eigenvalue weighted by Gasteiger charge is -2.08. The van der Waals surface area contributed by atoms with Gasteiger partial charge in [-0.05, 0) is 30.7 Å². The molecule has 0 bridgehead atoms. The number of carbonyl (C=O) groups excluding carboxylic acids is 2. The first-order valence-corrected chi connectivity index (χ1v) is 6.64. The van der Waals surface area contributed by atoms with Crippen molar-refractivity contribution < 1.29 is 32.7 Å². The summed E-state index contributed by atoms with van der Waals surface area (Å²) in [6.45, 7) is -0.200. The Kier molecular flexibility index (Phi) is 6.55. The molecule has 3 N–H and O–H groups in total. The number of carboxylic acids is 1. The SMILES string of the molecule is O=C(O)CCCNC(=O)CNC(=O)c1ccc(C(F)(F)F)cc1. The van der Waals surface area contributed by atoms with Crippen LogP contribution < -0.4 is 10.6 Å². The van der Waals surface area contributed by atoms with Crippen LogP contribution in [0.4, 0.5) is 13.2 Å². The summed E-state index contributed by atoms with van der Waals surface area (Å²) < 4.78 is 37.1. The lowest BCUT2D eigenvalue weighted by atomic mass is 10.1. The maximum atomic E-state index is 12.4. The summed E-state index contributed by atoms with van der Waals surface area (Å²) in [7, 11) is 0. The Morgan fingerprint density at radius 2 is 1.65 bits per heavy atom. The van der Waals surface area contributed by atoms with Gasteiger partial charge in [0.05, 0.1) is 12.1 Å². The van der Waals surface area contributed by atoms with E-state index in [9.17, 15) is 27.6 Å². The summed E-state index contributed by atoms with van der Waals surface area (Å²) in [5.74, 6) is -2.18. The molecule has 0 saturated heterocycles. The molecule has 0 aliphatic carbocycles. The highest BCUT2D eigenvalue weighted by Crippen LogP contribution is 2.28. The quantitative estimate of drug-likeness (QED) is 0.658. The van der Waals surface area contributed by atoms with Gasteiger partial charge in [0.15, 0.2) is 0 Å². The van der Waals surface area contributed by atoms with E-state index < -0.39 is 29.5 Å². The van der Waals surface area contributed by atoms with Crippen LogP contribution in [0.25, 0.3) is 0 Å². The molecule has 0 fully saturated rings. The molecule has 0 aromatic heterocycles. The van der Waals surface area contributed by atoms with Crippen molar-refractivity contribution in [1.29, 1.82) is 0 Å². The maximum absolute atomic E-state index is 12.4. The fraction of sp³-hybridized carbons (Fsp3) is 0.357. The van der Waals surface area contributed by atoms with Gasteiger partial charge in [-0.15, -0.1) is 0 Å². The zero-order chi connectivity index (χ0) is 17.5. The smallest absolute Gasteiger partial charge is 0.416 e. The third-order valence-corrected chi connectivity index (χ3v) is 2.77. The monoisotopic (exact) mass is 332 g/mol. The minimum Gasteiger partial charge on any atom is -0.481 e. The number of carbonyl (C=O) groups is 3. The van der Waals surface area contributed by atoms with Gasteiger partial charge in [0, 0.05) is 18.5 Å². The van der Waals surface area contributed by atoms with Gasteiger partial charge in [-0.2, -0.15) is 13.2 Å². The second-order valence-corrected chi connectivity index (χ2v) is 4.61. The van der Waals surface area contributed by atoms with Crippen LogP contribution in [0.3, 0.4) is 0 Å². The van der Waals surface area contributed by atoms with Gasteiger partial charge in [0.25, 0.3) is 5.91 Å². The minimum atomic E-state index is -4.48. The average Bonchev–Trinajstić information content (AvgIpc) is 2.48. The number of rotatable bonds is 7. The van der Waals surface area contributed by atoms with Crippen molar-refractivity contribution in [2.75, 3.05) is 13.1 Å². The number of halogens is 3. The second-order valence-electron chi connectivity index (χ2n) is 4.61. The van der Waals surface area contributed by atoms with E-state index in [1.165, 1.54) is 0 Å². The van der Waals surface area contributed by atoms with E-state index in [-0.39, 0.29) is 31.5 Å². The Bertz CT molecular complexity index is 570. The van der Waals surface area contributed by atoms with Crippen molar-refractivity contribution in [3.05, 3.63) is 35.4 Å². The van der Waals surface area contributed by atoms with Gasteiger partial charge in [-0.1, -0.05) is 0 Å². The Morgan fingerprint density at radius 3 is 2.17 bits per heavy atom. The van der Waals surface area contributed by atoms with Gasteiger partial charge in [0.2, 0.25) is 5.91 Å². The maximum Gasteiger partial charge on any atom is 0.416 e. The lowest BCUT2D eigenvalue weighted by molar-refractivity contribution is -0.138. The molecule has 0 atom stereocenters. The van der Waals surface area contributed by atoms with E-state index in [2.05, 4.69) is 10.6 Å². The largest absolute Gasteiger partial charge is 0.481 e. The van der Waals surface area contributed by atoms with Crippen molar-refractivity contribution in [3.8, 4) is 0 Å². The Hall–Kier alpha value is -2.58. The Labute approximate surface area is 129 Å². The molecule has 6 nitrogen and oxygen atoms in total. The van der Waals surface area contributed by atoms with Crippen LogP contribution in [0.1, 0.15) is 28.8 Å². The third-order valence-electron chi connectivity index (χ3n) is 2.77. The minimum absolute atomic E-state index is 0.00308. The van der Waals surface area contributed by atoms with Crippen molar-refractivity contribution in [1.82, 2.24) is 10.6 Å². The van der Waals surface area contributed by atoms with Crippen LogP contribution in [0.2, 0.25) is 0 Å². The van der Waals surface area contributed by atoms with Crippen LogP contribution in [0, 0.1) is 0 Å².